The fourth-order valence-electron chi connectivity index (χ4n) is 0.849. The molecule has 5 heteroatoms. The molecule has 0 N–H and O–H groups in total. The van der Waals surface area contributed by atoms with Crippen molar-refractivity contribution in [3.05, 3.63) is 28.0 Å². The van der Waals surface area contributed by atoms with E-state index in [0.29, 0.717) is 16.6 Å². The lowest BCUT2D eigenvalue weighted by Crippen LogP contribution is -2.08. The van der Waals surface area contributed by atoms with Gasteiger partial charge in [-0.25, -0.2) is 9.78 Å². The Morgan fingerprint density at radius 3 is 3.00 bits per heavy atom. The van der Waals surface area contributed by atoms with Gasteiger partial charge >= 0.3 is 5.97 Å². The summed E-state index contributed by atoms with van der Waals surface area (Å²) in [4.78, 5) is 15.1. The summed E-state index contributed by atoms with van der Waals surface area (Å²) in [7, 11) is 0. The van der Waals surface area contributed by atoms with E-state index < -0.39 is 5.97 Å². The first-order valence-corrected chi connectivity index (χ1v) is 4.71. The van der Waals surface area contributed by atoms with Crippen LogP contribution in [0, 0.1) is 11.3 Å². The van der Waals surface area contributed by atoms with Crippen LogP contribution >= 0.6 is 15.9 Å². The first-order chi connectivity index (χ1) is 6.69. The Kier molecular flexibility index (Phi) is 3.60. The Morgan fingerprint density at radius 2 is 2.50 bits per heavy atom. The van der Waals surface area contributed by atoms with Gasteiger partial charge in [0.15, 0.2) is 5.69 Å². The Hall–Kier alpha value is -1.41. The molecular weight excluding hydrogens is 248 g/mol. The topological polar surface area (TPSA) is 63.0 Å². The highest BCUT2D eigenvalue weighted by atomic mass is 79.9. The molecule has 0 atom stereocenters. The van der Waals surface area contributed by atoms with Gasteiger partial charge in [-0.15, -0.1) is 0 Å². The highest BCUT2D eigenvalue weighted by Gasteiger charge is 2.12. The molecule has 0 radical (unpaired) electrons. The first-order valence-electron chi connectivity index (χ1n) is 3.91. The predicted molar refractivity (Wildman–Crippen MR) is 52.6 cm³/mol. The molecule has 1 aromatic heterocycles. The van der Waals surface area contributed by atoms with Crippen LogP contribution in [0.25, 0.3) is 0 Å². The van der Waals surface area contributed by atoms with Gasteiger partial charge in [-0.1, -0.05) is 0 Å². The van der Waals surface area contributed by atoms with Crippen molar-refractivity contribution in [1.29, 1.82) is 5.26 Å². The molecule has 1 heterocycles. The summed E-state index contributed by atoms with van der Waals surface area (Å²) < 4.78 is 5.24. The minimum atomic E-state index is -0.496. The molecule has 0 saturated carbocycles. The summed E-state index contributed by atoms with van der Waals surface area (Å²) in [6.07, 6.45) is 1.33. The minimum absolute atomic E-state index is 0.186. The van der Waals surface area contributed by atoms with Crippen molar-refractivity contribution in [2.24, 2.45) is 0 Å². The van der Waals surface area contributed by atoms with E-state index in [9.17, 15) is 4.79 Å². The molecule has 0 unspecified atom stereocenters. The lowest BCUT2D eigenvalue weighted by molar-refractivity contribution is 0.0518. The van der Waals surface area contributed by atoms with Gasteiger partial charge in [-0.05, 0) is 28.9 Å². The molecule has 0 aliphatic heterocycles. The molecule has 0 aliphatic rings. The van der Waals surface area contributed by atoms with Crippen molar-refractivity contribution < 1.29 is 9.53 Å². The number of pyridine rings is 1. The number of nitrogens with zero attached hydrogens (tertiary/aromatic N) is 2. The van der Waals surface area contributed by atoms with E-state index in [1.165, 1.54) is 12.3 Å². The highest BCUT2D eigenvalue weighted by Crippen LogP contribution is 2.16. The second kappa shape index (κ2) is 4.72. The largest absolute Gasteiger partial charge is 0.461 e. The fraction of sp³-hybridized carbons (Fsp3) is 0.222. The van der Waals surface area contributed by atoms with Crippen LogP contribution in [-0.4, -0.2) is 17.6 Å². The van der Waals surface area contributed by atoms with Gasteiger partial charge in [0.2, 0.25) is 0 Å². The van der Waals surface area contributed by atoms with E-state index in [1.807, 2.05) is 6.07 Å². The van der Waals surface area contributed by atoms with Gasteiger partial charge in [0.05, 0.1) is 16.6 Å². The zero-order chi connectivity index (χ0) is 10.6. The van der Waals surface area contributed by atoms with Crippen LogP contribution in [0.2, 0.25) is 0 Å². The lowest BCUT2D eigenvalue weighted by atomic mass is 10.3. The maximum Gasteiger partial charge on any atom is 0.358 e. The fourth-order valence-corrected chi connectivity index (χ4v) is 1.36. The molecule has 0 bridgehead atoms. The summed E-state index contributed by atoms with van der Waals surface area (Å²) in [6, 6.07) is 3.45. The number of aromatic nitrogens is 1. The van der Waals surface area contributed by atoms with Gasteiger partial charge in [0.25, 0.3) is 0 Å². The van der Waals surface area contributed by atoms with Crippen LogP contribution in [0.15, 0.2) is 16.7 Å². The number of halogens is 1. The third-order valence-electron chi connectivity index (χ3n) is 1.44. The molecule has 0 saturated heterocycles. The van der Waals surface area contributed by atoms with Crippen molar-refractivity contribution in [3.8, 4) is 6.07 Å². The molecular formula is C9H7BrN2O2. The molecule has 0 amide bonds. The van der Waals surface area contributed by atoms with Crippen molar-refractivity contribution in [3.63, 3.8) is 0 Å². The van der Waals surface area contributed by atoms with Crippen molar-refractivity contribution in [1.82, 2.24) is 4.98 Å². The van der Waals surface area contributed by atoms with E-state index in [1.54, 1.807) is 6.92 Å². The summed E-state index contributed by atoms with van der Waals surface area (Å²) in [5, 5.41) is 8.57. The number of carbonyl (C=O) groups is 1. The van der Waals surface area contributed by atoms with Crippen molar-refractivity contribution >= 4 is 21.9 Å². The smallest absolute Gasteiger partial charge is 0.358 e. The Labute approximate surface area is 89.6 Å². The van der Waals surface area contributed by atoms with Crippen LogP contribution in [-0.2, 0) is 4.74 Å². The SMILES string of the molecule is CCOC(=O)c1ncc(C#N)cc1Br. The second-order valence-corrected chi connectivity index (χ2v) is 3.24. The predicted octanol–water partition coefficient (Wildman–Crippen LogP) is 1.89. The summed E-state index contributed by atoms with van der Waals surface area (Å²) >= 11 is 3.14. The number of hydrogen-bond donors (Lipinski definition) is 0. The van der Waals surface area contributed by atoms with Gasteiger partial charge < -0.3 is 4.74 Å². The highest BCUT2D eigenvalue weighted by molar-refractivity contribution is 9.10. The number of esters is 1. The maximum atomic E-state index is 11.3. The molecule has 72 valence electrons. The van der Waals surface area contributed by atoms with Crippen LogP contribution in [0.1, 0.15) is 23.0 Å². The zero-order valence-electron chi connectivity index (χ0n) is 7.45. The molecule has 0 fully saturated rings. The van der Waals surface area contributed by atoms with Crippen molar-refractivity contribution in [2.75, 3.05) is 6.61 Å². The number of rotatable bonds is 2. The van der Waals surface area contributed by atoms with Crippen LogP contribution in [0.4, 0.5) is 0 Å². The number of ether oxygens (including phenoxy) is 1. The van der Waals surface area contributed by atoms with E-state index in [2.05, 4.69) is 20.9 Å². The van der Waals surface area contributed by atoms with Crippen LogP contribution in [0.3, 0.4) is 0 Å². The first kappa shape index (κ1) is 10.7. The third-order valence-corrected chi connectivity index (χ3v) is 2.04. The third kappa shape index (κ3) is 2.30. The molecule has 1 rings (SSSR count). The van der Waals surface area contributed by atoms with Crippen molar-refractivity contribution in [2.45, 2.75) is 6.92 Å². The molecule has 4 nitrogen and oxygen atoms in total. The second-order valence-electron chi connectivity index (χ2n) is 2.39. The molecule has 1 aromatic rings. The summed E-state index contributed by atoms with van der Waals surface area (Å²) in [5.41, 5.74) is 0.579. The van der Waals surface area contributed by atoms with Gasteiger partial charge in [-0.3, -0.25) is 0 Å². The number of carbonyl (C=O) groups excluding carboxylic acids is 1. The van der Waals surface area contributed by atoms with E-state index in [4.69, 9.17) is 10.00 Å². The van der Waals surface area contributed by atoms with Crippen LogP contribution in [0.5, 0.6) is 0 Å². The van der Waals surface area contributed by atoms with Gasteiger partial charge in [-0.2, -0.15) is 5.26 Å². The van der Waals surface area contributed by atoms with Crippen LogP contribution < -0.4 is 0 Å². The zero-order valence-corrected chi connectivity index (χ0v) is 9.04. The lowest BCUT2D eigenvalue weighted by Gasteiger charge is -2.02. The average Bonchev–Trinajstić information content (AvgIpc) is 2.17. The Morgan fingerprint density at radius 1 is 1.79 bits per heavy atom. The number of hydrogen-bond acceptors (Lipinski definition) is 4. The molecule has 0 aromatic carbocycles. The average molecular weight is 255 g/mol. The van der Waals surface area contributed by atoms with E-state index in [0.717, 1.165) is 0 Å². The maximum absolute atomic E-state index is 11.3. The summed E-state index contributed by atoms with van der Waals surface area (Å²) in [5.74, 6) is -0.496. The van der Waals surface area contributed by atoms with E-state index in [-0.39, 0.29) is 5.69 Å². The normalized spacial score (nSPS) is 9.21. The Bertz CT molecular complexity index is 398. The monoisotopic (exact) mass is 254 g/mol. The van der Waals surface area contributed by atoms with Gasteiger partial charge in [0.1, 0.15) is 6.07 Å². The molecule has 0 spiro atoms. The molecule has 0 aliphatic carbocycles. The van der Waals surface area contributed by atoms with Gasteiger partial charge in [0, 0.05) is 6.20 Å². The molecule has 14 heavy (non-hydrogen) atoms. The quantitative estimate of drug-likeness (QED) is 0.757. The standard InChI is InChI=1S/C9H7BrN2O2/c1-2-14-9(13)8-7(10)3-6(4-11)5-12-8/h3,5H,2H2,1H3. The minimum Gasteiger partial charge on any atom is -0.461 e. The Balaban J connectivity index is 3.01. The number of nitriles is 1. The summed E-state index contributed by atoms with van der Waals surface area (Å²) in [6.45, 7) is 2.02. The van der Waals surface area contributed by atoms with E-state index >= 15 is 0 Å².